The van der Waals surface area contributed by atoms with Gasteiger partial charge in [-0.1, -0.05) is 12.1 Å². The Labute approximate surface area is 179 Å². The summed E-state index contributed by atoms with van der Waals surface area (Å²) in [5, 5.41) is 19.8. The van der Waals surface area contributed by atoms with E-state index in [2.05, 4.69) is 9.97 Å². The van der Waals surface area contributed by atoms with Gasteiger partial charge in [-0.15, -0.1) is 0 Å². The van der Waals surface area contributed by atoms with E-state index in [9.17, 15) is 22.5 Å². The van der Waals surface area contributed by atoms with Crippen molar-refractivity contribution in [3.8, 4) is 5.75 Å². The van der Waals surface area contributed by atoms with Crippen LogP contribution in [0.25, 0.3) is 11.0 Å². The molecule has 3 rings (SSSR count). The smallest absolute Gasteiger partial charge is 0.422 e. The van der Waals surface area contributed by atoms with E-state index in [-0.39, 0.29) is 29.7 Å². The molecular formula is C20H22F3N3O4S. The molecule has 2 unspecified atom stereocenters. The molecule has 31 heavy (non-hydrogen) atoms. The van der Waals surface area contributed by atoms with Crippen molar-refractivity contribution in [1.82, 2.24) is 14.5 Å². The minimum absolute atomic E-state index is 0.0100. The summed E-state index contributed by atoms with van der Waals surface area (Å²) < 4.78 is 56.9. The zero-order valence-corrected chi connectivity index (χ0v) is 17.5. The summed E-state index contributed by atoms with van der Waals surface area (Å²) in [6, 6.07) is 8.31. The van der Waals surface area contributed by atoms with Gasteiger partial charge in [-0.25, -0.2) is 4.98 Å². The monoisotopic (exact) mass is 457 g/mol. The molecular weight excluding hydrogens is 435 g/mol. The Hall–Kier alpha value is -2.50. The molecule has 168 valence electrons. The van der Waals surface area contributed by atoms with E-state index in [0.29, 0.717) is 28.7 Å². The highest BCUT2D eigenvalue weighted by atomic mass is 32.2. The summed E-state index contributed by atoms with van der Waals surface area (Å²) in [7, 11) is -1.76. The number of aliphatic hydroxyl groups is 2. The summed E-state index contributed by atoms with van der Waals surface area (Å²) in [5.74, 6) is -0.110. The molecule has 1 aromatic carbocycles. The van der Waals surface area contributed by atoms with Crippen molar-refractivity contribution < 1.29 is 32.3 Å². The first kappa shape index (κ1) is 23.2. The Bertz CT molecular complexity index is 1070. The van der Waals surface area contributed by atoms with E-state index >= 15 is 0 Å². The predicted molar refractivity (Wildman–Crippen MR) is 108 cm³/mol. The molecule has 2 heterocycles. The topological polar surface area (TPSA) is 97.5 Å². The maximum absolute atomic E-state index is 13.2. The molecule has 0 amide bonds. The van der Waals surface area contributed by atoms with Crippen molar-refractivity contribution in [3.63, 3.8) is 0 Å². The summed E-state index contributed by atoms with van der Waals surface area (Å²) in [5.41, 5.74) is 1.79. The lowest BCUT2D eigenvalue weighted by atomic mass is 10.2. The van der Waals surface area contributed by atoms with Crippen LogP contribution in [0, 0.1) is 6.92 Å². The maximum Gasteiger partial charge on any atom is 0.422 e. The Morgan fingerprint density at radius 2 is 2.00 bits per heavy atom. The average molecular weight is 457 g/mol. The molecule has 3 aromatic rings. The minimum atomic E-state index is -4.48. The zero-order valence-electron chi connectivity index (χ0n) is 16.7. The second-order valence-corrected chi connectivity index (χ2v) is 8.22. The summed E-state index contributed by atoms with van der Waals surface area (Å²) >= 11 is 0. The number of halogens is 3. The first-order chi connectivity index (χ1) is 14.7. The highest BCUT2D eigenvalue weighted by Crippen LogP contribution is 2.28. The second kappa shape index (κ2) is 9.75. The number of imidazole rings is 1. The van der Waals surface area contributed by atoms with E-state index in [1.807, 2.05) is 0 Å². The second-order valence-electron chi connectivity index (χ2n) is 6.87. The third-order valence-electron chi connectivity index (χ3n) is 4.60. The Morgan fingerprint density at radius 3 is 2.71 bits per heavy atom. The maximum atomic E-state index is 13.2. The van der Waals surface area contributed by atoms with Gasteiger partial charge in [0, 0.05) is 18.4 Å². The molecule has 0 saturated heterocycles. The molecule has 2 N–H and O–H groups in total. The quantitative estimate of drug-likeness (QED) is 0.512. The fraction of sp³-hybridized carbons (Fsp3) is 0.400. The van der Waals surface area contributed by atoms with Crippen molar-refractivity contribution in [2.24, 2.45) is 0 Å². The van der Waals surface area contributed by atoms with Crippen molar-refractivity contribution in [2.75, 3.05) is 13.2 Å². The van der Waals surface area contributed by atoms with Crippen LogP contribution >= 0.6 is 0 Å². The predicted octanol–water partition coefficient (Wildman–Crippen LogP) is 3.25. The van der Waals surface area contributed by atoms with Gasteiger partial charge >= 0.3 is 6.18 Å². The summed E-state index contributed by atoms with van der Waals surface area (Å²) in [4.78, 5) is 8.53. The molecule has 0 aliphatic carbocycles. The standard InChI is InChI=1S/C20H22F3N3O4S/c1-13-15(24-9-8-17(13)30-12-20(21,22)23)11-31(29)19-25-14-5-2-3-6-16(14)26(19)18(28)7-4-10-27/h2-3,5-6,8-9,18,27-28H,4,7,10-12H2,1H3. The van der Waals surface area contributed by atoms with Crippen molar-refractivity contribution in [2.45, 2.75) is 43.1 Å². The Kier molecular flexibility index (Phi) is 7.29. The summed E-state index contributed by atoms with van der Waals surface area (Å²) in [6.45, 7) is 0.00743. The number of alkyl halides is 3. The molecule has 2 aromatic heterocycles. The van der Waals surface area contributed by atoms with Gasteiger partial charge in [0.1, 0.15) is 12.0 Å². The molecule has 0 spiro atoms. The third kappa shape index (κ3) is 5.60. The molecule has 0 aliphatic heterocycles. The van der Waals surface area contributed by atoms with E-state index in [1.54, 1.807) is 31.2 Å². The number of nitrogens with zero attached hydrogens (tertiary/aromatic N) is 3. The Balaban J connectivity index is 1.90. The molecule has 7 nitrogen and oxygen atoms in total. The van der Waals surface area contributed by atoms with Gasteiger partial charge in [-0.3, -0.25) is 13.8 Å². The molecule has 11 heteroatoms. The highest BCUT2D eigenvalue weighted by molar-refractivity contribution is 7.84. The molecule has 0 fully saturated rings. The number of hydrogen-bond acceptors (Lipinski definition) is 6. The van der Waals surface area contributed by atoms with Crippen molar-refractivity contribution in [1.29, 1.82) is 0 Å². The number of pyridine rings is 1. The van der Waals surface area contributed by atoms with E-state index in [4.69, 9.17) is 9.84 Å². The largest absolute Gasteiger partial charge is 0.484 e. The van der Waals surface area contributed by atoms with Crippen LogP contribution < -0.4 is 4.74 Å². The first-order valence-electron chi connectivity index (χ1n) is 9.49. The van der Waals surface area contributed by atoms with Gasteiger partial charge in [-0.05, 0) is 38.0 Å². The molecule has 0 radical (unpaired) electrons. The zero-order chi connectivity index (χ0) is 22.6. The van der Waals surface area contributed by atoms with Crippen LogP contribution in [0.5, 0.6) is 5.75 Å². The summed E-state index contributed by atoms with van der Waals surface area (Å²) in [6.07, 6.45) is -3.65. The number of para-hydroxylation sites is 2. The minimum Gasteiger partial charge on any atom is -0.484 e. The SMILES string of the molecule is Cc1c(OCC(F)(F)F)ccnc1CS(=O)c1nc2ccccc2n1C(O)CCCO. The molecule has 0 bridgehead atoms. The van der Waals surface area contributed by atoms with E-state index in [0.717, 1.165) is 0 Å². The normalized spacial score (nSPS) is 14.0. The molecule has 2 atom stereocenters. The fourth-order valence-corrected chi connectivity index (χ4v) is 4.39. The Morgan fingerprint density at radius 1 is 1.26 bits per heavy atom. The van der Waals surface area contributed by atoms with Gasteiger partial charge < -0.3 is 14.9 Å². The highest BCUT2D eigenvalue weighted by Gasteiger charge is 2.29. The van der Waals surface area contributed by atoms with E-state index in [1.165, 1.54) is 16.8 Å². The number of rotatable bonds is 9. The first-order valence-corrected chi connectivity index (χ1v) is 10.8. The number of aliphatic hydroxyl groups excluding tert-OH is 2. The van der Waals surface area contributed by atoms with Crippen molar-refractivity contribution in [3.05, 3.63) is 47.8 Å². The number of aromatic nitrogens is 3. The van der Waals surface area contributed by atoms with Gasteiger partial charge in [0.15, 0.2) is 6.61 Å². The van der Waals surface area contributed by atoms with Crippen LogP contribution in [0.1, 0.15) is 30.3 Å². The van der Waals surface area contributed by atoms with Crippen LogP contribution in [-0.2, 0) is 16.6 Å². The fourth-order valence-electron chi connectivity index (χ4n) is 3.08. The number of hydrogen-bond donors (Lipinski definition) is 2. The van der Waals surface area contributed by atoms with Gasteiger partial charge in [-0.2, -0.15) is 13.2 Å². The van der Waals surface area contributed by atoms with Crippen LogP contribution in [0.2, 0.25) is 0 Å². The van der Waals surface area contributed by atoms with Crippen LogP contribution in [0.15, 0.2) is 41.7 Å². The lowest BCUT2D eigenvalue weighted by Crippen LogP contribution is -2.20. The third-order valence-corrected chi connectivity index (χ3v) is 5.83. The van der Waals surface area contributed by atoms with Gasteiger partial charge in [0.2, 0.25) is 5.16 Å². The number of ether oxygens (including phenoxy) is 1. The lowest BCUT2D eigenvalue weighted by molar-refractivity contribution is -0.153. The number of benzene rings is 1. The molecule has 0 saturated carbocycles. The van der Waals surface area contributed by atoms with Crippen LogP contribution in [-0.4, -0.2) is 48.3 Å². The van der Waals surface area contributed by atoms with Crippen LogP contribution in [0.4, 0.5) is 13.2 Å². The van der Waals surface area contributed by atoms with Gasteiger partial charge in [0.25, 0.3) is 0 Å². The average Bonchev–Trinajstić information content (AvgIpc) is 3.12. The van der Waals surface area contributed by atoms with Crippen molar-refractivity contribution >= 4 is 21.8 Å². The number of fused-ring (bicyclic) bond motifs is 1. The van der Waals surface area contributed by atoms with E-state index < -0.39 is 29.8 Å². The molecule has 0 aliphatic rings. The van der Waals surface area contributed by atoms with Gasteiger partial charge in [0.05, 0.1) is 33.3 Å². The lowest BCUT2D eigenvalue weighted by Gasteiger charge is -2.16. The van der Waals surface area contributed by atoms with Crippen LogP contribution in [0.3, 0.4) is 0 Å².